The molecule has 1 amide bonds. The lowest BCUT2D eigenvalue weighted by molar-refractivity contribution is 0.0671. The van der Waals surface area contributed by atoms with Crippen molar-refractivity contribution in [1.29, 1.82) is 0 Å². The molecule has 9 nitrogen and oxygen atoms in total. The lowest BCUT2D eigenvalue weighted by Gasteiger charge is -2.32. The van der Waals surface area contributed by atoms with E-state index in [1.165, 1.54) is 0 Å². The Labute approximate surface area is 206 Å². The second-order valence-corrected chi connectivity index (χ2v) is 10.6. The smallest absolute Gasteiger partial charge is 0.254 e. The van der Waals surface area contributed by atoms with Crippen molar-refractivity contribution in [2.45, 2.75) is 42.3 Å². The van der Waals surface area contributed by atoms with Gasteiger partial charge in [-0.3, -0.25) is 4.79 Å². The number of rotatable bonds is 7. The predicted molar refractivity (Wildman–Crippen MR) is 137 cm³/mol. The molecule has 1 saturated carbocycles. The number of hydrogen-bond acceptors (Lipinski definition) is 10. The minimum atomic E-state index is -0.0633. The number of anilines is 2. The number of aliphatic hydroxyl groups is 1. The SMILES string of the molecule is CSc1cnc(N[C@H]2CC[C@H](Nc3nc4ccc(C(=O)N5CCNC(CO)C5)cc4s3)C2)nc1. The summed E-state index contributed by atoms with van der Waals surface area (Å²) in [5.74, 6) is 0.678. The monoisotopic (exact) mass is 499 g/mol. The molecule has 11 heteroatoms. The van der Waals surface area contributed by atoms with E-state index in [2.05, 4.69) is 25.9 Å². The number of amides is 1. The van der Waals surface area contributed by atoms with Gasteiger partial charge in [0.25, 0.3) is 5.91 Å². The molecule has 1 aromatic carbocycles. The maximum Gasteiger partial charge on any atom is 0.254 e. The summed E-state index contributed by atoms with van der Waals surface area (Å²) in [7, 11) is 0. The number of aromatic nitrogens is 3. The van der Waals surface area contributed by atoms with E-state index >= 15 is 0 Å². The largest absolute Gasteiger partial charge is 0.395 e. The van der Waals surface area contributed by atoms with E-state index in [-0.39, 0.29) is 18.6 Å². The zero-order valence-electron chi connectivity index (χ0n) is 19.0. The maximum atomic E-state index is 13.0. The second kappa shape index (κ2) is 10.4. The van der Waals surface area contributed by atoms with E-state index in [0.717, 1.165) is 39.5 Å². The minimum Gasteiger partial charge on any atom is -0.395 e. The highest BCUT2D eigenvalue weighted by Crippen LogP contribution is 2.31. The molecule has 2 aromatic heterocycles. The molecule has 0 bridgehead atoms. The number of carbonyl (C=O) groups is 1. The van der Waals surface area contributed by atoms with Crippen LogP contribution in [0.2, 0.25) is 0 Å². The van der Waals surface area contributed by atoms with Gasteiger partial charge in [-0.25, -0.2) is 15.0 Å². The van der Waals surface area contributed by atoms with Gasteiger partial charge >= 0.3 is 0 Å². The Morgan fingerprint density at radius 1 is 1.26 bits per heavy atom. The molecule has 5 rings (SSSR count). The summed E-state index contributed by atoms with van der Waals surface area (Å²) in [5, 5.41) is 20.5. The van der Waals surface area contributed by atoms with Crippen molar-refractivity contribution in [3.63, 3.8) is 0 Å². The lowest BCUT2D eigenvalue weighted by atomic mass is 10.1. The average Bonchev–Trinajstić information content (AvgIpc) is 3.49. The van der Waals surface area contributed by atoms with E-state index in [0.29, 0.717) is 43.2 Å². The first-order valence-electron chi connectivity index (χ1n) is 11.5. The van der Waals surface area contributed by atoms with Crippen molar-refractivity contribution in [2.24, 2.45) is 0 Å². The number of piperazine rings is 1. The van der Waals surface area contributed by atoms with E-state index in [9.17, 15) is 9.90 Å². The van der Waals surface area contributed by atoms with Gasteiger partial charge in [-0.05, 0) is 43.7 Å². The summed E-state index contributed by atoms with van der Waals surface area (Å²) >= 11 is 3.22. The normalized spacial score (nSPS) is 22.8. The Hall–Kier alpha value is -2.47. The molecule has 1 saturated heterocycles. The van der Waals surface area contributed by atoms with E-state index < -0.39 is 0 Å². The molecule has 1 aliphatic heterocycles. The molecule has 2 fully saturated rings. The van der Waals surface area contributed by atoms with Crippen LogP contribution in [0, 0.1) is 0 Å². The number of thioether (sulfide) groups is 1. The molecule has 0 radical (unpaired) electrons. The molecular formula is C23H29N7O2S2. The average molecular weight is 500 g/mol. The quantitative estimate of drug-likeness (QED) is 0.364. The van der Waals surface area contributed by atoms with Crippen molar-refractivity contribution in [1.82, 2.24) is 25.2 Å². The molecule has 1 unspecified atom stereocenters. The van der Waals surface area contributed by atoms with Crippen LogP contribution in [0.5, 0.6) is 0 Å². The molecule has 180 valence electrons. The molecule has 34 heavy (non-hydrogen) atoms. The van der Waals surface area contributed by atoms with Crippen LogP contribution in [-0.4, -0.2) is 81.5 Å². The first-order valence-corrected chi connectivity index (χ1v) is 13.6. The summed E-state index contributed by atoms with van der Waals surface area (Å²) < 4.78 is 0.997. The van der Waals surface area contributed by atoms with Crippen molar-refractivity contribution in [2.75, 3.05) is 43.1 Å². The molecule has 3 heterocycles. The van der Waals surface area contributed by atoms with E-state index in [4.69, 9.17) is 4.98 Å². The highest BCUT2D eigenvalue weighted by molar-refractivity contribution is 7.98. The van der Waals surface area contributed by atoms with Crippen molar-refractivity contribution in [3.05, 3.63) is 36.2 Å². The third kappa shape index (κ3) is 5.27. The van der Waals surface area contributed by atoms with Crippen LogP contribution in [0.25, 0.3) is 10.2 Å². The van der Waals surface area contributed by atoms with Gasteiger partial charge in [0.2, 0.25) is 5.95 Å². The van der Waals surface area contributed by atoms with E-state index in [1.807, 2.05) is 41.7 Å². The standard InChI is InChI=1S/C23H29N7O2S2/c1-33-18-10-25-22(26-11-18)27-15-3-4-16(9-15)28-23-29-19-5-2-14(8-20(19)34-23)21(32)30-7-6-24-17(12-30)13-31/h2,5,8,10-11,15-17,24,31H,3-4,6-7,9,12-13H2,1H3,(H,28,29)(H,25,26,27)/t15-,16-,17?/m0/s1. The summed E-state index contributed by atoms with van der Waals surface area (Å²) in [4.78, 5) is 29.4. The van der Waals surface area contributed by atoms with Gasteiger partial charge in [0.15, 0.2) is 5.13 Å². The number of benzene rings is 1. The van der Waals surface area contributed by atoms with Gasteiger partial charge in [0.1, 0.15) is 0 Å². The number of nitrogens with zero attached hydrogens (tertiary/aromatic N) is 4. The second-order valence-electron chi connectivity index (χ2n) is 8.73. The predicted octanol–water partition coefficient (Wildman–Crippen LogP) is 2.66. The zero-order valence-corrected chi connectivity index (χ0v) is 20.7. The Morgan fingerprint density at radius 2 is 2.06 bits per heavy atom. The highest BCUT2D eigenvalue weighted by Gasteiger charge is 2.27. The molecule has 3 aromatic rings. The van der Waals surface area contributed by atoms with Crippen molar-refractivity contribution < 1.29 is 9.90 Å². The zero-order chi connectivity index (χ0) is 23.5. The third-order valence-corrected chi connectivity index (χ3v) is 7.99. The Morgan fingerprint density at radius 3 is 2.82 bits per heavy atom. The van der Waals surface area contributed by atoms with Gasteiger partial charge in [-0.15, -0.1) is 11.8 Å². The first-order chi connectivity index (χ1) is 16.6. The van der Waals surface area contributed by atoms with Crippen LogP contribution < -0.4 is 16.0 Å². The molecule has 2 aliphatic rings. The number of nitrogens with one attached hydrogen (secondary N) is 3. The Kier molecular flexibility index (Phi) is 7.14. The summed E-state index contributed by atoms with van der Waals surface area (Å²) in [6.07, 6.45) is 8.78. The number of fused-ring (bicyclic) bond motifs is 1. The summed E-state index contributed by atoms with van der Waals surface area (Å²) in [5.41, 5.74) is 1.56. The van der Waals surface area contributed by atoms with Crippen LogP contribution in [0.1, 0.15) is 29.6 Å². The Bertz CT molecular complexity index is 1140. The molecule has 1 aliphatic carbocycles. The fraction of sp³-hybridized carbons (Fsp3) is 0.478. The highest BCUT2D eigenvalue weighted by atomic mass is 32.2. The van der Waals surface area contributed by atoms with Crippen LogP contribution in [0.3, 0.4) is 0 Å². The molecule has 3 atom stereocenters. The van der Waals surface area contributed by atoms with Crippen LogP contribution in [0.4, 0.5) is 11.1 Å². The molecule has 4 N–H and O–H groups in total. The van der Waals surface area contributed by atoms with Gasteiger partial charge in [0, 0.05) is 60.6 Å². The number of carbonyl (C=O) groups excluding carboxylic acids is 1. The van der Waals surface area contributed by atoms with Crippen LogP contribution in [0.15, 0.2) is 35.5 Å². The fourth-order valence-corrected chi connectivity index (χ4v) is 5.83. The van der Waals surface area contributed by atoms with Crippen molar-refractivity contribution >= 4 is 50.3 Å². The summed E-state index contributed by atoms with van der Waals surface area (Å²) in [6, 6.07) is 6.31. The van der Waals surface area contributed by atoms with Gasteiger partial charge < -0.3 is 26.0 Å². The van der Waals surface area contributed by atoms with Gasteiger partial charge in [-0.2, -0.15) is 0 Å². The topological polar surface area (TPSA) is 115 Å². The van der Waals surface area contributed by atoms with Crippen LogP contribution >= 0.6 is 23.1 Å². The summed E-state index contributed by atoms with van der Waals surface area (Å²) in [6.45, 7) is 1.89. The molecule has 0 spiro atoms. The third-order valence-electron chi connectivity index (χ3n) is 6.36. The fourth-order valence-electron chi connectivity index (χ4n) is 4.53. The number of hydrogen-bond donors (Lipinski definition) is 4. The van der Waals surface area contributed by atoms with E-state index in [1.54, 1.807) is 23.1 Å². The van der Waals surface area contributed by atoms with Crippen LogP contribution in [-0.2, 0) is 0 Å². The van der Waals surface area contributed by atoms with Gasteiger partial charge in [-0.1, -0.05) is 11.3 Å². The minimum absolute atomic E-state index is 0.00208. The number of aliphatic hydroxyl groups excluding tert-OH is 1. The van der Waals surface area contributed by atoms with Crippen molar-refractivity contribution in [3.8, 4) is 0 Å². The Balaban J connectivity index is 1.20. The maximum absolute atomic E-state index is 13.0. The van der Waals surface area contributed by atoms with Gasteiger partial charge in [0.05, 0.1) is 16.8 Å². The lowest BCUT2D eigenvalue weighted by Crippen LogP contribution is -2.54. The molecular weight excluding hydrogens is 470 g/mol. The first kappa shape index (κ1) is 23.3. The number of thiazole rings is 1.